The van der Waals surface area contributed by atoms with Crippen LogP contribution in [0.2, 0.25) is 10.0 Å². The number of halogens is 2. The predicted molar refractivity (Wildman–Crippen MR) is 86.5 cm³/mol. The Balaban J connectivity index is 1.85. The van der Waals surface area contributed by atoms with Gasteiger partial charge in [0.1, 0.15) is 12.6 Å². The number of hydrogen-bond donors (Lipinski definition) is 1. The van der Waals surface area contributed by atoms with Crippen molar-refractivity contribution < 1.29 is 9.22 Å². The summed E-state index contributed by atoms with van der Waals surface area (Å²) in [7, 11) is 0. The molecule has 1 unspecified atom stereocenters. The van der Waals surface area contributed by atoms with E-state index < -0.39 is 0 Å². The highest BCUT2D eigenvalue weighted by molar-refractivity contribution is 6.35. The zero-order valence-corrected chi connectivity index (χ0v) is 13.7. The number of benzene rings is 1. The summed E-state index contributed by atoms with van der Waals surface area (Å²) in [6.45, 7) is 5.80. The van der Waals surface area contributed by atoms with Crippen LogP contribution >= 0.6 is 23.2 Å². The molecule has 2 saturated heterocycles. The van der Waals surface area contributed by atoms with E-state index in [-0.39, 0.29) is 0 Å². The Hall–Kier alpha value is -0.320. The number of nitrogens with zero attached hydrogens (tertiary/aromatic N) is 1. The smallest absolute Gasteiger partial charge is 0.115 e. The molecule has 0 spiro atoms. The van der Waals surface area contributed by atoms with E-state index in [1.165, 1.54) is 18.5 Å². The standard InChI is InChI=1S/C16H23Cl2N2O/c17-14-2-1-13(16(18)7-14)10-20(15-4-6-21-11-15)5-3-12(8-19)9-20/h1-2,7,12,15H,3-6,8-11,19H2/q+1/t12-,15+,20?/m1/s1. The molecule has 0 aromatic heterocycles. The second kappa shape index (κ2) is 6.43. The summed E-state index contributed by atoms with van der Waals surface area (Å²) in [5.74, 6) is 0.622. The summed E-state index contributed by atoms with van der Waals surface area (Å²) in [5, 5.41) is 1.47. The first-order valence-corrected chi connectivity index (χ1v) is 8.46. The molecular weight excluding hydrogens is 307 g/mol. The minimum absolute atomic E-state index is 0.577. The van der Waals surface area contributed by atoms with Gasteiger partial charge in [0.25, 0.3) is 0 Å². The lowest BCUT2D eigenvalue weighted by atomic mass is 10.1. The van der Waals surface area contributed by atoms with E-state index in [2.05, 4.69) is 6.07 Å². The third kappa shape index (κ3) is 3.22. The number of ether oxygens (including phenoxy) is 1. The molecule has 0 aliphatic carbocycles. The van der Waals surface area contributed by atoms with E-state index in [0.29, 0.717) is 17.0 Å². The minimum atomic E-state index is 0.577. The Morgan fingerprint density at radius 2 is 2.14 bits per heavy atom. The molecule has 0 radical (unpaired) electrons. The molecule has 2 fully saturated rings. The van der Waals surface area contributed by atoms with Gasteiger partial charge in [0.05, 0.1) is 31.3 Å². The van der Waals surface area contributed by atoms with Crippen molar-refractivity contribution in [1.29, 1.82) is 0 Å². The molecular formula is C16H23Cl2N2O+. The van der Waals surface area contributed by atoms with Gasteiger partial charge >= 0.3 is 0 Å². The number of quaternary nitrogens is 1. The molecule has 2 N–H and O–H groups in total. The van der Waals surface area contributed by atoms with E-state index >= 15 is 0 Å². The van der Waals surface area contributed by atoms with Crippen LogP contribution in [0.15, 0.2) is 18.2 Å². The Kier molecular flexibility index (Phi) is 4.77. The molecule has 0 saturated carbocycles. The van der Waals surface area contributed by atoms with E-state index in [9.17, 15) is 0 Å². The van der Waals surface area contributed by atoms with Gasteiger partial charge in [0.15, 0.2) is 0 Å². The lowest BCUT2D eigenvalue weighted by Gasteiger charge is -2.40. The first-order chi connectivity index (χ1) is 10.1. The molecule has 3 atom stereocenters. The summed E-state index contributed by atoms with van der Waals surface area (Å²) >= 11 is 12.4. The third-order valence-corrected chi connectivity index (χ3v) is 5.71. The Morgan fingerprint density at radius 3 is 2.76 bits per heavy atom. The largest absolute Gasteiger partial charge is 0.375 e. The molecule has 2 heterocycles. The van der Waals surface area contributed by atoms with Gasteiger partial charge < -0.3 is 15.0 Å². The van der Waals surface area contributed by atoms with Crippen molar-refractivity contribution in [2.45, 2.75) is 25.4 Å². The maximum absolute atomic E-state index is 6.40. The highest BCUT2D eigenvalue weighted by Gasteiger charge is 2.45. The number of likely N-dealkylation sites (tertiary alicyclic amines) is 1. The highest BCUT2D eigenvalue weighted by Crippen LogP contribution is 2.35. The van der Waals surface area contributed by atoms with Gasteiger partial charge in [-0.2, -0.15) is 0 Å². The SMILES string of the molecule is NC[C@H]1CC[N+](Cc2ccc(Cl)cc2Cl)([C@H]2CCOC2)C1. The van der Waals surface area contributed by atoms with Crippen LogP contribution in [0.3, 0.4) is 0 Å². The quantitative estimate of drug-likeness (QED) is 0.861. The van der Waals surface area contributed by atoms with Crippen molar-refractivity contribution in [3.63, 3.8) is 0 Å². The van der Waals surface area contributed by atoms with Crippen molar-refractivity contribution in [3.05, 3.63) is 33.8 Å². The van der Waals surface area contributed by atoms with Gasteiger partial charge in [0.2, 0.25) is 0 Å². The van der Waals surface area contributed by atoms with Crippen LogP contribution in [0.4, 0.5) is 0 Å². The summed E-state index contributed by atoms with van der Waals surface area (Å²) in [4.78, 5) is 0. The fraction of sp³-hybridized carbons (Fsp3) is 0.625. The van der Waals surface area contributed by atoms with Gasteiger partial charge in [0, 0.05) is 35.9 Å². The van der Waals surface area contributed by atoms with Crippen LogP contribution < -0.4 is 5.73 Å². The molecule has 2 aliphatic rings. The van der Waals surface area contributed by atoms with Crippen LogP contribution in [0.1, 0.15) is 18.4 Å². The number of nitrogens with two attached hydrogens (primary N) is 1. The zero-order chi connectivity index (χ0) is 14.9. The summed E-state index contributed by atoms with van der Waals surface area (Å²) in [5.41, 5.74) is 7.10. The van der Waals surface area contributed by atoms with Crippen LogP contribution in [0.25, 0.3) is 0 Å². The van der Waals surface area contributed by atoms with Gasteiger partial charge in [-0.1, -0.05) is 29.3 Å². The zero-order valence-electron chi connectivity index (χ0n) is 12.2. The Labute approximate surface area is 136 Å². The Morgan fingerprint density at radius 1 is 1.29 bits per heavy atom. The lowest BCUT2D eigenvalue weighted by molar-refractivity contribution is -0.952. The van der Waals surface area contributed by atoms with Crippen LogP contribution in [-0.4, -0.2) is 43.4 Å². The summed E-state index contributed by atoms with van der Waals surface area (Å²) < 4.78 is 6.72. The van der Waals surface area contributed by atoms with Crippen molar-refractivity contribution in [1.82, 2.24) is 0 Å². The van der Waals surface area contributed by atoms with Crippen LogP contribution in [-0.2, 0) is 11.3 Å². The summed E-state index contributed by atoms with van der Waals surface area (Å²) in [6, 6.07) is 6.42. The van der Waals surface area contributed by atoms with Crippen molar-refractivity contribution >= 4 is 23.2 Å². The van der Waals surface area contributed by atoms with Crippen molar-refractivity contribution in [3.8, 4) is 0 Å². The molecule has 3 nitrogen and oxygen atoms in total. The fourth-order valence-corrected chi connectivity index (χ4v) is 4.34. The molecule has 1 aromatic rings. The van der Waals surface area contributed by atoms with Gasteiger partial charge in [-0.05, 0) is 12.1 Å². The topological polar surface area (TPSA) is 35.2 Å². The first-order valence-electron chi connectivity index (χ1n) is 7.70. The number of rotatable bonds is 4. The molecule has 5 heteroatoms. The average molecular weight is 330 g/mol. The van der Waals surface area contributed by atoms with Crippen molar-refractivity contribution in [2.24, 2.45) is 11.7 Å². The monoisotopic (exact) mass is 329 g/mol. The second-order valence-electron chi connectivity index (χ2n) is 6.43. The molecule has 0 bridgehead atoms. The third-order valence-electron chi connectivity index (χ3n) is 5.12. The molecule has 0 amide bonds. The van der Waals surface area contributed by atoms with E-state index in [1.807, 2.05) is 12.1 Å². The first kappa shape index (κ1) is 15.6. The minimum Gasteiger partial charge on any atom is -0.375 e. The van der Waals surface area contributed by atoms with Gasteiger partial charge in [-0.25, -0.2) is 0 Å². The Bertz CT molecular complexity index is 505. The average Bonchev–Trinajstić information content (AvgIpc) is 3.12. The molecule has 1 aromatic carbocycles. The van der Waals surface area contributed by atoms with Crippen LogP contribution in [0.5, 0.6) is 0 Å². The van der Waals surface area contributed by atoms with Gasteiger partial charge in [-0.15, -0.1) is 0 Å². The number of hydrogen-bond acceptors (Lipinski definition) is 2. The normalized spacial score (nSPS) is 32.7. The predicted octanol–water partition coefficient (Wildman–Crippen LogP) is 3.08. The fourth-order valence-electron chi connectivity index (χ4n) is 3.88. The maximum Gasteiger partial charge on any atom is 0.115 e. The van der Waals surface area contributed by atoms with Gasteiger partial charge in [-0.3, -0.25) is 0 Å². The summed E-state index contributed by atoms with van der Waals surface area (Å²) in [6.07, 6.45) is 2.35. The lowest BCUT2D eigenvalue weighted by Crippen LogP contribution is -2.53. The molecule has 2 aliphatic heterocycles. The van der Waals surface area contributed by atoms with E-state index in [4.69, 9.17) is 33.7 Å². The molecule has 116 valence electrons. The van der Waals surface area contributed by atoms with Crippen molar-refractivity contribution in [2.75, 3.05) is 32.8 Å². The molecule has 21 heavy (non-hydrogen) atoms. The van der Waals surface area contributed by atoms with Crippen LogP contribution in [0, 0.1) is 5.92 Å². The highest BCUT2D eigenvalue weighted by atomic mass is 35.5. The molecule has 3 rings (SSSR count). The van der Waals surface area contributed by atoms with E-state index in [0.717, 1.165) is 48.8 Å². The van der Waals surface area contributed by atoms with E-state index in [1.54, 1.807) is 0 Å². The second-order valence-corrected chi connectivity index (χ2v) is 7.27. The maximum atomic E-state index is 6.40.